The molecule has 4 rings (SSSR count). The molecule has 3 aromatic rings. The molecule has 0 saturated carbocycles. The van der Waals surface area contributed by atoms with E-state index >= 15 is 0 Å². The van der Waals surface area contributed by atoms with Crippen LogP contribution in [-0.4, -0.2) is 40.3 Å². The van der Waals surface area contributed by atoms with Crippen LogP contribution in [0, 0.1) is 12.8 Å². The fourth-order valence-electron chi connectivity index (χ4n) is 4.78. The molecule has 0 radical (unpaired) electrons. The topological polar surface area (TPSA) is 114 Å². The number of anilines is 1. The molecule has 2 aromatic carbocycles. The lowest BCUT2D eigenvalue weighted by Gasteiger charge is -2.28. The smallest absolute Gasteiger partial charge is 0.237 e. The van der Waals surface area contributed by atoms with Crippen LogP contribution >= 0.6 is 24.8 Å². The van der Waals surface area contributed by atoms with Gasteiger partial charge in [0.2, 0.25) is 11.8 Å². The number of pyridine rings is 1. The largest absolute Gasteiger partial charge is 0.384 e. The number of carbonyl (C=O) groups excluding carboxylic acids is 2. The zero-order valence-corrected chi connectivity index (χ0v) is 21.6. The first kappa shape index (κ1) is 28.4. The van der Waals surface area contributed by atoms with Crippen LogP contribution in [0.1, 0.15) is 30.2 Å². The van der Waals surface area contributed by atoms with Gasteiger partial charge in [0.05, 0.1) is 12.1 Å². The van der Waals surface area contributed by atoms with Gasteiger partial charge in [0.1, 0.15) is 5.82 Å². The molecule has 2 amide bonds. The Labute approximate surface area is 218 Å². The van der Waals surface area contributed by atoms with Crippen molar-refractivity contribution in [3.63, 3.8) is 0 Å². The number of nitrogen functional groups attached to an aromatic ring is 1. The van der Waals surface area contributed by atoms with Crippen molar-refractivity contribution in [1.29, 1.82) is 0 Å². The van der Waals surface area contributed by atoms with Crippen molar-refractivity contribution in [2.24, 2.45) is 11.7 Å². The molecule has 0 bridgehead atoms. The average Bonchev–Trinajstić information content (AvgIpc) is 3.22. The normalized spacial score (nSPS) is 18.3. The van der Waals surface area contributed by atoms with Gasteiger partial charge in [-0.1, -0.05) is 48.5 Å². The minimum absolute atomic E-state index is 0. The van der Waals surface area contributed by atoms with Gasteiger partial charge in [-0.15, -0.1) is 24.8 Å². The highest BCUT2D eigenvalue weighted by Gasteiger charge is 2.40. The van der Waals surface area contributed by atoms with Gasteiger partial charge < -0.3 is 16.8 Å². The fraction of sp³-hybridized carbons (Fsp3) is 0.346. The quantitative estimate of drug-likeness (QED) is 0.444. The first-order valence-electron chi connectivity index (χ1n) is 11.3. The maximum Gasteiger partial charge on any atom is 0.237 e. The molecule has 7 nitrogen and oxygen atoms in total. The number of nitrogens with two attached hydrogens (primary N) is 2. The number of likely N-dealkylation sites (tertiary alicyclic amines) is 1. The van der Waals surface area contributed by atoms with E-state index in [9.17, 15) is 9.59 Å². The zero-order valence-electron chi connectivity index (χ0n) is 19.9. The molecule has 2 heterocycles. The molecule has 35 heavy (non-hydrogen) atoms. The third-order valence-electron chi connectivity index (χ3n) is 6.64. The molecule has 9 heteroatoms. The van der Waals surface area contributed by atoms with Crippen LogP contribution in [0.2, 0.25) is 0 Å². The Morgan fingerprint density at radius 3 is 2.51 bits per heavy atom. The van der Waals surface area contributed by atoms with Gasteiger partial charge in [-0.3, -0.25) is 14.5 Å². The summed E-state index contributed by atoms with van der Waals surface area (Å²) in [5.74, 6) is 0.190. The van der Waals surface area contributed by atoms with Crippen molar-refractivity contribution in [3.05, 3.63) is 71.4 Å². The van der Waals surface area contributed by atoms with Crippen LogP contribution in [-0.2, 0) is 22.6 Å². The van der Waals surface area contributed by atoms with Crippen molar-refractivity contribution in [2.75, 3.05) is 12.3 Å². The fourth-order valence-corrected chi connectivity index (χ4v) is 4.78. The molecule has 0 aliphatic carbocycles. The van der Waals surface area contributed by atoms with E-state index < -0.39 is 12.1 Å². The molecule has 2 unspecified atom stereocenters. The second kappa shape index (κ2) is 12.2. The summed E-state index contributed by atoms with van der Waals surface area (Å²) in [5, 5.41) is 5.38. The van der Waals surface area contributed by atoms with E-state index in [-0.39, 0.29) is 42.5 Å². The van der Waals surface area contributed by atoms with Crippen molar-refractivity contribution < 1.29 is 9.59 Å². The predicted octanol–water partition coefficient (Wildman–Crippen LogP) is 3.39. The SMILES string of the molecule is Cc1nc(N)ccc1CNC(=O)[C@H](C)N1CC(Cc2ccc3ccccc3c2)CC1C(N)=O.Cl.Cl. The van der Waals surface area contributed by atoms with Crippen molar-refractivity contribution in [2.45, 2.75) is 45.3 Å². The lowest BCUT2D eigenvalue weighted by Crippen LogP contribution is -2.51. The Morgan fingerprint density at radius 1 is 1.11 bits per heavy atom. The number of primary amides is 1. The summed E-state index contributed by atoms with van der Waals surface area (Å²) in [6.07, 6.45) is 1.50. The predicted molar refractivity (Wildman–Crippen MR) is 145 cm³/mol. The Balaban J connectivity index is 0.00000216. The van der Waals surface area contributed by atoms with E-state index in [1.165, 1.54) is 16.3 Å². The van der Waals surface area contributed by atoms with Gasteiger partial charge in [-0.2, -0.15) is 0 Å². The number of nitrogens with zero attached hydrogens (tertiary/aromatic N) is 2. The number of fused-ring (bicyclic) bond motifs is 1. The number of aryl methyl sites for hydroxylation is 1. The molecule has 5 N–H and O–H groups in total. The highest BCUT2D eigenvalue weighted by atomic mass is 35.5. The van der Waals surface area contributed by atoms with Gasteiger partial charge in [-0.25, -0.2) is 4.98 Å². The van der Waals surface area contributed by atoms with E-state index in [4.69, 9.17) is 11.5 Å². The lowest BCUT2D eigenvalue weighted by atomic mass is 9.95. The Morgan fingerprint density at radius 2 is 1.83 bits per heavy atom. The molecule has 1 aliphatic heterocycles. The maximum absolute atomic E-state index is 12.9. The van der Waals surface area contributed by atoms with Crippen LogP contribution in [0.4, 0.5) is 5.82 Å². The molecule has 1 fully saturated rings. The summed E-state index contributed by atoms with van der Waals surface area (Å²) in [6.45, 7) is 4.70. The Hall–Kier alpha value is -2.87. The third kappa shape index (κ3) is 6.63. The summed E-state index contributed by atoms with van der Waals surface area (Å²) < 4.78 is 0. The minimum atomic E-state index is -0.467. The second-order valence-corrected chi connectivity index (χ2v) is 8.98. The van der Waals surface area contributed by atoms with E-state index in [0.29, 0.717) is 25.3 Å². The molecule has 1 saturated heterocycles. The van der Waals surface area contributed by atoms with Crippen LogP contribution in [0.3, 0.4) is 0 Å². The first-order chi connectivity index (χ1) is 15.8. The van der Waals surface area contributed by atoms with Crippen LogP contribution in [0.15, 0.2) is 54.6 Å². The summed E-state index contributed by atoms with van der Waals surface area (Å²) in [6, 6.07) is 17.4. The Kier molecular flexibility index (Phi) is 9.89. The van der Waals surface area contributed by atoms with E-state index in [2.05, 4.69) is 40.6 Å². The van der Waals surface area contributed by atoms with Gasteiger partial charge in [0.15, 0.2) is 0 Å². The number of carbonyl (C=O) groups is 2. The molecule has 188 valence electrons. The highest BCUT2D eigenvalue weighted by molar-refractivity contribution is 5.86. The summed E-state index contributed by atoms with van der Waals surface area (Å²) in [5.41, 5.74) is 14.4. The molecule has 3 atom stereocenters. The lowest BCUT2D eigenvalue weighted by molar-refractivity contribution is -0.129. The number of aromatic nitrogens is 1. The second-order valence-electron chi connectivity index (χ2n) is 8.98. The van der Waals surface area contributed by atoms with Crippen molar-refractivity contribution >= 4 is 53.2 Å². The Bertz CT molecular complexity index is 1190. The summed E-state index contributed by atoms with van der Waals surface area (Å²) >= 11 is 0. The van der Waals surface area contributed by atoms with E-state index in [1.54, 1.807) is 6.07 Å². The van der Waals surface area contributed by atoms with E-state index in [1.807, 2.05) is 36.9 Å². The van der Waals surface area contributed by atoms with Crippen LogP contribution < -0.4 is 16.8 Å². The van der Waals surface area contributed by atoms with Crippen LogP contribution in [0.25, 0.3) is 10.8 Å². The minimum Gasteiger partial charge on any atom is -0.384 e. The number of hydrogen-bond acceptors (Lipinski definition) is 5. The molecular weight excluding hydrogens is 485 g/mol. The maximum atomic E-state index is 12.9. The molecule has 0 spiro atoms. The number of hydrogen-bond donors (Lipinski definition) is 3. The molecular formula is C26H33Cl2N5O2. The standard InChI is InChI=1S/C26H31N5O2.2ClH/c1-16-22(9-10-24(27)30-16)14-29-26(33)17(2)31-15-19(13-23(31)25(28)32)11-18-7-8-20-5-3-4-6-21(20)12-18;;/h3-10,12,17,19,23H,11,13-15H2,1-2H3,(H2,27,30)(H2,28,32)(H,29,33);2*1H/t17-,19?,23?;;/m0../s1. The number of halogens is 2. The van der Waals surface area contributed by atoms with Crippen molar-refractivity contribution in [3.8, 4) is 0 Å². The highest BCUT2D eigenvalue weighted by Crippen LogP contribution is 2.29. The van der Waals surface area contributed by atoms with E-state index in [0.717, 1.165) is 17.7 Å². The summed E-state index contributed by atoms with van der Waals surface area (Å²) in [7, 11) is 0. The van der Waals surface area contributed by atoms with Crippen molar-refractivity contribution in [1.82, 2.24) is 15.2 Å². The average molecular weight is 518 g/mol. The molecule has 1 aliphatic rings. The molecule has 1 aromatic heterocycles. The zero-order chi connectivity index (χ0) is 23.5. The van der Waals surface area contributed by atoms with Gasteiger partial charge in [0, 0.05) is 18.8 Å². The number of benzene rings is 2. The van der Waals surface area contributed by atoms with Gasteiger partial charge in [-0.05, 0) is 60.6 Å². The third-order valence-corrected chi connectivity index (χ3v) is 6.64. The summed E-state index contributed by atoms with van der Waals surface area (Å²) in [4.78, 5) is 31.3. The first-order valence-corrected chi connectivity index (χ1v) is 11.3. The number of rotatable bonds is 7. The van der Waals surface area contributed by atoms with Crippen LogP contribution in [0.5, 0.6) is 0 Å². The van der Waals surface area contributed by atoms with Gasteiger partial charge >= 0.3 is 0 Å². The van der Waals surface area contributed by atoms with Gasteiger partial charge in [0.25, 0.3) is 0 Å². The number of nitrogens with one attached hydrogen (secondary N) is 1. The monoisotopic (exact) mass is 517 g/mol. The number of amides is 2.